The highest BCUT2D eigenvalue weighted by atomic mass is 16.6. The van der Waals surface area contributed by atoms with Crippen molar-refractivity contribution in [1.29, 1.82) is 0 Å². The first-order valence-corrected chi connectivity index (χ1v) is 6.98. The highest BCUT2D eigenvalue weighted by Gasteiger charge is 2.18. The summed E-state index contributed by atoms with van der Waals surface area (Å²) in [5, 5.41) is 10.9. The molecule has 0 atom stereocenters. The van der Waals surface area contributed by atoms with Crippen LogP contribution < -0.4 is 11.2 Å². The van der Waals surface area contributed by atoms with E-state index in [1.807, 2.05) is 29.2 Å². The number of aromatic nitrogens is 2. The van der Waals surface area contributed by atoms with Crippen LogP contribution >= 0.6 is 0 Å². The molecular weight excluding hydrogens is 298 g/mol. The second kappa shape index (κ2) is 6.04. The van der Waals surface area contributed by atoms with Gasteiger partial charge in [-0.25, -0.2) is 4.79 Å². The topological polar surface area (TPSA) is 109 Å². The van der Waals surface area contributed by atoms with Crippen molar-refractivity contribution in [3.8, 4) is 0 Å². The number of H-pyrrole nitrogens is 2. The Morgan fingerprint density at radius 1 is 1.04 bits per heavy atom. The van der Waals surface area contributed by atoms with Gasteiger partial charge in [0, 0.05) is 0 Å². The van der Waals surface area contributed by atoms with E-state index in [0.29, 0.717) is 0 Å². The summed E-state index contributed by atoms with van der Waals surface area (Å²) in [6, 6.07) is 7.67. The molecule has 0 saturated carbocycles. The van der Waals surface area contributed by atoms with Crippen LogP contribution in [0.2, 0.25) is 0 Å². The second-order valence-electron chi connectivity index (χ2n) is 6.13. The Balaban J connectivity index is 2.39. The predicted molar refractivity (Wildman–Crippen MR) is 88.4 cm³/mol. The second-order valence-corrected chi connectivity index (χ2v) is 6.13. The maximum atomic E-state index is 11.5. The summed E-state index contributed by atoms with van der Waals surface area (Å²) in [7, 11) is 0. The van der Waals surface area contributed by atoms with Gasteiger partial charge in [0.25, 0.3) is 0 Å². The van der Waals surface area contributed by atoms with Crippen LogP contribution in [0.1, 0.15) is 37.6 Å². The van der Waals surface area contributed by atoms with Crippen LogP contribution in [-0.2, 0) is 5.41 Å². The van der Waals surface area contributed by atoms with Crippen molar-refractivity contribution in [2.75, 3.05) is 0 Å². The molecule has 0 aliphatic carbocycles. The lowest BCUT2D eigenvalue weighted by Crippen LogP contribution is -2.25. The molecule has 0 aliphatic rings. The van der Waals surface area contributed by atoms with Crippen LogP contribution in [0.15, 0.2) is 33.9 Å². The third kappa shape index (κ3) is 3.82. The number of nitrogens with zero attached hydrogens (tertiary/aromatic N) is 1. The van der Waals surface area contributed by atoms with Crippen molar-refractivity contribution in [1.82, 2.24) is 9.97 Å². The van der Waals surface area contributed by atoms with E-state index >= 15 is 0 Å². The van der Waals surface area contributed by atoms with Crippen molar-refractivity contribution >= 4 is 17.8 Å². The summed E-state index contributed by atoms with van der Waals surface area (Å²) >= 11 is 0. The molecule has 1 heterocycles. The highest BCUT2D eigenvalue weighted by Crippen LogP contribution is 2.22. The monoisotopic (exact) mass is 315 g/mol. The van der Waals surface area contributed by atoms with Gasteiger partial charge in [0.2, 0.25) is 0 Å². The van der Waals surface area contributed by atoms with Crippen LogP contribution in [0.4, 0.5) is 5.69 Å². The van der Waals surface area contributed by atoms with Crippen LogP contribution in [0.25, 0.3) is 12.2 Å². The molecule has 1 aromatic heterocycles. The van der Waals surface area contributed by atoms with Crippen molar-refractivity contribution < 1.29 is 4.92 Å². The number of hydrogen-bond acceptors (Lipinski definition) is 4. The molecule has 120 valence electrons. The van der Waals surface area contributed by atoms with E-state index in [4.69, 9.17) is 0 Å². The highest BCUT2D eigenvalue weighted by molar-refractivity contribution is 5.71. The normalized spacial score (nSPS) is 11.8. The molecule has 0 amide bonds. The zero-order valence-corrected chi connectivity index (χ0v) is 13.0. The zero-order valence-electron chi connectivity index (χ0n) is 13.0. The molecule has 23 heavy (non-hydrogen) atoms. The molecule has 0 bridgehead atoms. The number of benzene rings is 1. The lowest BCUT2D eigenvalue weighted by atomic mass is 9.87. The molecule has 7 heteroatoms. The van der Waals surface area contributed by atoms with Gasteiger partial charge in [-0.1, -0.05) is 51.1 Å². The molecule has 0 radical (unpaired) electrons. The van der Waals surface area contributed by atoms with Crippen LogP contribution in [0, 0.1) is 10.1 Å². The lowest BCUT2D eigenvalue weighted by molar-refractivity contribution is -0.386. The maximum Gasteiger partial charge on any atom is 0.357 e. The van der Waals surface area contributed by atoms with E-state index < -0.39 is 21.9 Å². The SMILES string of the molecule is CC(C)(C)c1ccc(/C=C\c2[nH]c(=O)[nH]c(=O)c2[N+](=O)[O-])cc1. The quantitative estimate of drug-likeness (QED) is 0.669. The Morgan fingerprint density at radius 3 is 2.17 bits per heavy atom. The third-order valence-electron chi connectivity index (χ3n) is 3.35. The Kier molecular flexibility index (Phi) is 4.31. The number of nitro groups is 1. The van der Waals surface area contributed by atoms with Crippen molar-refractivity contribution in [2.24, 2.45) is 0 Å². The van der Waals surface area contributed by atoms with Gasteiger partial charge in [0.15, 0.2) is 0 Å². The standard InChI is InChI=1S/C16H17N3O4/c1-16(2,3)11-7-4-10(5-8-11)6-9-12-13(19(22)23)14(20)18-15(21)17-12/h4-9H,1-3H3,(H2,17,18,20,21)/b9-6-. The number of nitrogens with one attached hydrogen (secondary N) is 2. The first-order valence-electron chi connectivity index (χ1n) is 6.98. The van der Waals surface area contributed by atoms with Gasteiger partial charge < -0.3 is 4.98 Å². The summed E-state index contributed by atoms with van der Waals surface area (Å²) in [5.41, 5.74) is -0.654. The molecule has 2 rings (SSSR count). The number of rotatable bonds is 3. The first kappa shape index (κ1) is 16.4. The van der Waals surface area contributed by atoms with Gasteiger partial charge in [-0.15, -0.1) is 0 Å². The van der Waals surface area contributed by atoms with Crippen molar-refractivity contribution in [2.45, 2.75) is 26.2 Å². The minimum atomic E-state index is -1.03. The van der Waals surface area contributed by atoms with E-state index in [2.05, 4.69) is 25.8 Å². The molecule has 2 aromatic rings. The van der Waals surface area contributed by atoms with Gasteiger partial charge in [0.1, 0.15) is 5.69 Å². The molecule has 0 fully saturated rings. The molecule has 0 saturated heterocycles. The van der Waals surface area contributed by atoms with Gasteiger partial charge in [-0.2, -0.15) is 0 Å². The fourth-order valence-corrected chi connectivity index (χ4v) is 2.07. The Labute approximate surface area is 131 Å². The van der Waals surface area contributed by atoms with Crippen molar-refractivity contribution in [3.63, 3.8) is 0 Å². The minimum absolute atomic E-state index is 0.0268. The van der Waals surface area contributed by atoms with Gasteiger partial charge in [-0.3, -0.25) is 19.9 Å². The largest absolute Gasteiger partial charge is 0.357 e. The van der Waals surface area contributed by atoms with Crippen LogP contribution in [0.5, 0.6) is 0 Å². The van der Waals surface area contributed by atoms with Crippen LogP contribution in [0.3, 0.4) is 0 Å². The smallest absolute Gasteiger partial charge is 0.301 e. The molecule has 0 aliphatic heterocycles. The zero-order chi connectivity index (χ0) is 17.2. The average molecular weight is 315 g/mol. The van der Waals surface area contributed by atoms with Gasteiger partial charge in [-0.05, 0) is 22.6 Å². The van der Waals surface area contributed by atoms with E-state index in [0.717, 1.165) is 11.1 Å². The fraction of sp³-hybridized carbons (Fsp3) is 0.250. The minimum Gasteiger partial charge on any atom is -0.301 e. The Morgan fingerprint density at radius 2 is 1.65 bits per heavy atom. The lowest BCUT2D eigenvalue weighted by Gasteiger charge is -2.18. The summed E-state index contributed by atoms with van der Waals surface area (Å²) in [6.07, 6.45) is 2.95. The van der Waals surface area contributed by atoms with E-state index in [1.165, 1.54) is 6.08 Å². The average Bonchev–Trinajstić information content (AvgIpc) is 2.43. The van der Waals surface area contributed by atoms with Gasteiger partial charge >= 0.3 is 16.9 Å². The molecule has 0 spiro atoms. The fourth-order valence-electron chi connectivity index (χ4n) is 2.07. The molecule has 1 aromatic carbocycles. The number of hydrogen-bond donors (Lipinski definition) is 2. The number of aromatic amines is 2. The Bertz CT molecular complexity index is 868. The molecular formula is C16H17N3O4. The van der Waals surface area contributed by atoms with Crippen LogP contribution in [-0.4, -0.2) is 14.9 Å². The molecule has 2 N–H and O–H groups in total. The molecule has 7 nitrogen and oxygen atoms in total. The van der Waals surface area contributed by atoms with E-state index in [-0.39, 0.29) is 11.1 Å². The van der Waals surface area contributed by atoms with Gasteiger partial charge in [0.05, 0.1) is 4.92 Å². The maximum absolute atomic E-state index is 11.5. The summed E-state index contributed by atoms with van der Waals surface area (Å²) < 4.78 is 0. The summed E-state index contributed by atoms with van der Waals surface area (Å²) in [5.74, 6) is 0. The molecule has 0 unspecified atom stereocenters. The third-order valence-corrected chi connectivity index (χ3v) is 3.35. The Hall–Kier alpha value is -2.96. The first-order chi connectivity index (χ1) is 10.7. The predicted octanol–water partition coefficient (Wildman–Crippen LogP) is 2.44. The van der Waals surface area contributed by atoms with E-state index in [9.17, 15) is 19.7 Å². The van der Waals surface area contributed by atoms with Crippen molar-refractivity contribution in [3.05, 3.63) is 72.0 Å². The van der Waals surface area contributed by atoms with E-state index in [1.54, 1.807) is 6.08 Å². The summed E-state index contributed by atoms with van der Waals surface area (Å²) in [4.78, 5) is 37.0. The summed E-state index contributed by atoms with van der Waals surface area (Å²) in [6.45, 7) is 6.30.